The van der Waals surface area contributed by atoms with Crippen molar-refractivity contribution >= 4 is 22.8 Å². The zero-order valence-corrected chi connectivity index (χ0v) is 10.1. The molecule has 2 N–H and O–H groups in total. The van der Waals surface area contributed by atoms with Crippen molar-refractivity contribution in [3.8, 4) is 0 Å². The summed E-state index contributed by atoms with van der Waals surface area (Å²) in [5.74, 6) is 0. The summed E-state index contributed by atoms with van der Waals surface area (Å²) in [6, 6.07) is 5.20. The second-order valence-corrected chi connectivity index (χ2v) is 4.84. The lowest BCUT2D eigenvalue weighted by Crippen LogP contribution is -2.26. The maximum Gasteiger partial charge on any atom is 0.420 e. The Morgan fingerprint density at radius 1 is 1.41 bits per heavy atom. The quantitative estimate of drug-likeness (QED) is 0.709. The molecular weight excluding hydrogens is 218 g/mol. The predicted molar refractivity (Wildman–Crippen MR) is 65.8 cm³/mol. The Labute approximate surface area is 99.2 Å². The van der Waals surface area contributed by atoms with Crippen molar-refractivity contribution in [1.29, 1.82) is 0 Å². The highest BCUT2D eigenvalue weighted by Crippen LogP contribution is 2.17. The van der Waals surface area contributed by atoms with Crippen LogP contribution in [-0.4, -0.2) is 21.2 Å². The van der Waals surface area contributed by atoms with E-state index in [1.807, 2.05) is 20.8 Å². The average Bonchev–Trinajstić information content (AvgIpc) is 2.57. The fourth-order valence-electron chi connectivity index (χ4n) is 1.49. The average molecular weight is 233 g/mol. The zero-order valence-electron chi connectivity index (χ0n) is 10.1. The minimum Gasteiger partial charge on any atom is -0.443 e. The van der Waals surface area contributed by atoms with Crippen LogP contribution in [0.3, 0.4) is 0 Å². The van der Waals surface area contributed by atoms with Crippen LogP contribution in [0.2, 0.25) is 0 Å². The number of fused-ring (bicyclic) bond motifs is 1. The monoisotopic (exact) mass is 233 g/mol. The van der Waals surface area contributed by atoms with Crippen LogP contribution in [0.5, 0.6) is 0 Å². The fourth-order valence-corrected chi connectivity index (χ4v) is 1.49. The summed E-state index contributed by atoms with van der Waals surface area (Å²) in [5.41, 5.74) is 7.10. The molecule has 0 aliphatic carbocycles. The molecule has 17 heavy (non-hydrogen) atoms. The number of hydrogen-bond acceptors (Lipinski definition) is 4. The predicted octanol–water partition coefficient (Wildman–Crippen LogP) is 2.40. The molecular formula is C12H15N3O2. The first kappa shape index (κ1) is 11.4. The van der Waals surface area contributed by atoms with E-state index in [9.17, 15) is 4.79 Å². The van der Waals surface area contributed by atoms with E-state index in [1.54, 1.807) is 18.2 Å². The van der Waals surface area contributed by atoms with Gasteiger partial charge in [0.1, 0.15) is 11.9 Å². The molecule has 0 aliphatic heterocycles. The van der Waals surface area contributed by atoms with Crippen LogP contribution in [0.1, 0.15) is 20.8 Å². The molecule has 0 bridgehead atoms. The van der Waals surface area contributed by atoms with Crippen LogP contribution >= 0.6 is 0 Å². The summed E-state index contributed by atoms with van der Waals surface area (Å²) >= 11 is 0. The van der Waals surface area contributed by atoms with Crippen molar-refractivity contribution in [1.82, 2.24) is 9.55 Å². The number of benzene rings is 1. The van der Waals surface area contributed by atoms with Crippen molar-refractivity contribution in [3.05, 3.63) is 24.5 Å². The third kappa shape index (κ3) is 2.38. The molecule has 5 nitrogen and oxygen atoms in total. The first-order valence-corrected chi connectivity index (χ1v) is 5.33. The maximum atomic E-state index is 11.9. The molecule has 0 amide bonds. The molecule has 0 saturated carbocycles. The molecule has 0 radical (unpaired) electrons. The number of carbonyl (C=O) groups excluding carboxylic acids is 1. The van der Waals surface area contributed by atoms with Gasteiger partial charge in [0.05, 0.1) is 11.0 Å². The minimum atomic E-state index is -0.526. The molecule has 1 heterocycles. The van der Waals surface area contributed by atoms with E-state index in [0.717, 1.165) is 0 Å². The smallest absolute Gasteiger partial charge is 0.420 e. The molecule has 0 atom stereocenters. The van der Waals surface area contributed by atoms with E-state index in [0.29, 0.717) is 16.7 Å². The third-order valence-corrected chi connectivity index (χ3v) is 2.16. The Hall–Kier alpha value is -2.04. The van der Waals surface area contributed by atoms with E-state index < -0.39 is 11.7 Å². The van der Waals surface area contributed by atoms with Gasteiger partial charge in [0, 0.05) is 5.69 Å². The van der Waals surface area contributed by atoms with Crippen molar-refractivity contribution in [3.63, 3.8) is 0 Å². The Kier molecular flexibility index (Phi) is 2.53. The van der Waals surface area contributed by atoms with Gasteiger partial charge in [-0.1, -0.05) is 0 Å². The largest absolute Gasteiger partial charge is 0.443 e. The highest BCUT2D eigenvalue weighted by molar-refractivity contribution is 5.88. The van der Waals surface area contributed by atoms with Crippen LogP contribution in [0.4, 0.5) is 10.5 Å². The number of nitrogens with two attached hydrogens (primary N) is 1. The second kappa shape index (κ2) is 3.76. The number of anilines is 1. The van der Waals surface area contributed by atoms with Crippen molar-refractivity contribution in [2.45, 2.75) is 26.4 Å². The summed E-state index contributed by atoms with van der Waals surface area (Å²) in [6.07, 6.45) is 1.00. The summed E-state index contributed by atoms with van der Waals surface area (Å²) in [4.78, 5) is 16.0. The van der Waals surface area contributed by atoms with Gasteiger partial charge in [-0.25, -0.2) is 14.3 Å². The topological polar surface area (TPSA) is 70.1 Å². The SMILES string of the molecule is CC(C)(C)OC(=O)n1cnc2cc(N)ccc21. The molecule has 0 unspecified atom stereocenters. The van der Waals surface area contributed by atoms with Crippen LogP contribution in [0.15, 0.2) is 24.5 Å². The lowest BCUT2D eigenvalue weighted by Gasteiger charge is -2.19. The van der Waals surface area contributed by atoms with Gasteiger partial charge >= 0.3 is 6.09 Å². The molecule has 1 aromatic heterocycles. The molecule has 2 rings (SSSR count). The van der Waals surface area contributed by atoms with Gasteiger partial charge < -0.3 is 10.5 Å². The van der Waals surface area contributed by atoms with Crippen LogP contribution in [0.25, 0.3) is 11.0 Å². The number of hydrogen-bond donors (Lipinski definition) is 1. The number of nitrogen functional groups attached to an aromatic ring is 1. The maximum absolute atomic E-state index is 11.9. The van der Waals surface area contributed by atoms with Crippen molar-refractivity contribution in [2.24, 2.45) is 0 Å². The van der Waals surface area contributed by atoms with Gasteiger partial charge in [-0.2, -0.15) is 0 Å². The molecule has 0 saturated heterocycles. The summed E-state index contributed by atoms with van der Waals surface area (Å²) in [6.45, 7) is 5.46. The molecule has 5 heteroatoms. The zero-order chi connectivity index (χ0) is 12.6. The summed E-state index contributed by atoms with van der Waals surface area (Å²) in [7, 11) is 0. The van der Waals surface area contributed by atoms with Crippen molar-refractivity contribution < 1.29 is 9.53 Å². The van der Waals surface area contributed by atoms with Gasteiger partial charge in [-0.15, -0.1) is 0 Å². The number of rotatable bonds is 0. The third-order valence-electron chi connectivity index (χ3n) is 2.16. The van der Waals surface area contributed by atoms with E-state index in [1.165, 1.54) is 10.9 Å². The Morgan fingerprint density at radius 2 is 2.12 bits per heavy atom. The standard InChI is InChI=1S/C12H15N3O2/c1-12(2,3)17-11(16)15-7-14-9-6-8(13)4-5-10(9)15/h4-7H,13H2,1-3H3. The van der Waals surface area contributed by atoms with Gasteiger partial charge in [0.25, 0.3) is 0 Å². The summed E-state index contributed by atoms with van der Waals surface area (Å²) in [5, 5.41) is 0. The van der Waals surface area contributed by atoms with Gasteiger partial charge in [0.2, 0.25) is 0 Å². The second-order valence-electron chi connectivity index (χ2n) is 4.84. The molecule has 0 aliphatic rings. The van der Waals surface area contributed by atoms with E-state index in [-0.39, 0.29) is 0 Å². The molecule has 0 spiro atoms. The molecule has 90 valence electrons. The number of carbonyl (C=O) groups is 1. The number of ether oxygens (including phenoxy) is 1. The first-order chi connectivity index (χ1) is 7.87. The van der Waals surface area contributed by atoms with Gasteiger partial charge in [-0.05, 0) is 39.0 Å². The highest BCUT2D eigenvalue weighted by Gasteiger charge is 2.19. The Morgan fingerprint density at radius 3 is 2.76 bits per heavy atom. The number of nitrogens with zero attached hydrogens (tertiary/aromatic N) is 2. The number of aromatic nitrogens is 2. The van der Waals surface area contributed by atoms with E-state index >= 15 is 0 Å². The molecule has 1 aromatic carbocycles. The lowest BCUT2D eigenvalue weighted by molar-refractivity contribution is 0.0543. The molecule has 0 fully saturated rings. The first-order valence-electron chi connectivity index (χ1n) is 5.33. The highest BCUT2D eigenvalue weighted by atomic mass is 16.6. The minimum absolute atomic E-state index is 0.440. The van der Waals surface area contributed by atoms with Crippen molar-refractivity contribution in [2.75, 3.05) is 5.73 Å². The van der Waals surface area contributed by atoms with Gasteiger partial charge in [-0.3, -0.25) is 0 Å². The fraction of sp³-hybridized carbons (Fsp3) is 0.333. The Bertz CT molecular complexity index is 567. The normalized spacial score (nSPS) is 11.7. The number of imidazole rings is 1. The van der Waals surface area contributed by atoms with Gasteiger partial charge in [0.15, 0.2) is 0 Å². The van der Waals surface area contributed by atoms with Crippen LogP contribution < -0.4 is 5.73 Å². The Balaban J connectivity index is 2.40. The van der Waals surface area contributed by atoms with Crippen LogP contribution in [0, 0.1) is 0 Å². The molecule has 2 aromatic rings. The van der Waals surface area contributed by atoms with E-state index in [4.69, 9.17) is 10.5 Å². The lowest BCUT2D eigenvalue weighted by atomic mass is 10.2. The van der Waals surface area contributed by atoms with Crippen LogP contribution in [-0.2, 0) is 4.74 Å². The summed E-state index contributed by atoms with van der Waals surface area (Å²) < 4.78 is 6.65. The van der Waals surface area contributed by atoms with E-state index in [2.05, 4.69) is 4.98 Å².